The normalized spacial score (nSPS) is 11.6. The molecule has 6 aromatic rings. The molecule has 0 saturated heterocycles. The molecule has 0 radical (unpaired) electrons. The molecule has 9 nitrogen and oxygen atoms in total. The number of nitrogens with zero attached hydrogens (tertiary/aromatic N) is 6. The van der Waals surface area contributed by atoms with E-state index in [1.165, 1.54) is 18.5 Å². The van der Waals surface area contributed by atoms with Gasteiger partial charge >= 0.3 is 0 Å². The van der Waals surface area contributed by atoms with Gasteiger partial charge in [0.1, 0.15) is 17.8 Å². The van der Waals surface area contributed by atoms with Crippen LogP contribution in [0.1, 0.15) is 0 Å². The molecule has 0 unspecified atom stereocenters. The molecule has 184 valence electrons. The zero-order valence-corrected chi connectivity index (χ0v) is 20.3. The number of hydrogen-bond acceptors (Lipinski definition) is 7. The lowest BCUT2D eigenvalue weighted by Crippen LogP contribution is -2.20. The summed E-state index contributed by atoms with van der Waals surface area (Å²) in [7, 11) is 4.01. The van der Waals surface area contributed by atoms with Crippen molar-refractivity contribution in [1.82, 2.24) is 40.0 Å². The van der Waals surface area contributed by atoms with Gasteiger partial charge in [0.2, 0.25) is 0 Å². The highest BCUT2D eigenvalue weighted by Gasteiger charge is 2.16. The summed E-state index contributed by atoms with van der Waals surface area (Å²) in [5, 5.41) is 12.7. The third-order valence-electron chi connectivity index (χ3n) is 6.17. The Bertz CT molecular complexity index is 1710. The van der Waals surface area contributed by atoms with Gasteiger partial charge in [0.15, 0.2) is 0 Å². The number of hydrogen-bond donors (Lipinski definition) is 3. The third-order valence-corrected chi connectivity index (χ3v) is 6.17. The van der Waals surface area contributed by atoms with Gasteiger partial charge in [-0.15, -0.1) is 0 Å². The van der Waals surface area contributed by atoms with Crippen molar-refractivity contribution in [3.05, 3.63) is 73.3 Å². The predicted molar refractivity (Wildman–Crippen MR) is 142 cm³/mol. The Hall–Kier alpha value is -4.70. The van der Waals surface area contributed by atoms with Crippen LogP contribution in [0.15, 0.2) is 67.5 Å². The fourth-order valence-electron chi connectivity index (χ4n) is 4.37. The zero-order valence-electron chi connectivity index (χ0n) is 20.3. The minimum Gasteiger partial charge on any atom is -0.384 e. The molecule has 0 amide bonds. The number of halogens is 1. The molecule has 6 rings (SSSR count). The van der Waals surface area contributed by atoms with E-state index >= 15 is 0 Å². The van der Waals surface area contributed by atoms with Crippen LogP contribution in [0, 0.1) is 5.82 Å². The zero-order chi connectivity index (χ0) is 25.4. The first-order valence-electron chi connectivity index (χ1n) is 11.8. The topological polar surface area (TPSA) is 111 Å². The molecule has 5 heterocycles. The summed E-state index contributed by atoms with van der Waals surface area (Å²) in [4.78, 5) is 22.8. The molecule has 37 heavy (non-hydrogen) atoms. The van der Waals surface area contributed by atoms with Crippen molar-refractivity contribution in [3.8, 4) is 33.9 Å². The Kier molecular flexibility index (Phi) is 5.78. The lowest BCUT2D eigenvalue weighted by atomic mass is 10.1. The molecule has 0 saturated carbocycles. The highest BCUT2D eigenvalue weighted by Crippen LogP contribution is 2.34. The van der Waals surface area contributed by atoms with Crippen molar-refractivity contribution in [2.24, 2.45) is 0 Å². The van der Waals surface area contributed by atoms with Crippen molar-refractivity contribution >= 4 is 27.5 Å². The van der Waals surface area contributed by atoms with Gasteiger partial charge in [0.25, 0.3) is 0 Å². The van der Waals surface area contributed by atoms with Crippen molar-refractivity contribution in [2.45, 2.75) is 0 Å². The number of rotatable bonds is 7. The largest absolute Gasteiger partial charge is 0.384 e. The van der Waals surface area contributed by atoms with Gasteiger partial charge in [-0.3, -0.25) is 15.1 Å². The molecule has 10 heteroatoms. The molecule has 0 aliphatic carbocycles. The van der Waals surface area contributed by atoms with Crippen LogP contribution in [0.4, 0.5) is 10.1 Å². The second kappa shape index (κ2) is 9.40. The molecule has 5 aromatic heterocycles. The summed E-state index contributed by atoms with van der Waals surface area (Å²) >= 11 is 0. The van der Waals surface area contributed by atoms with Gasteiger partial charge in [-0.1, -0.05) is 0 Å². The summed E-state index contributed by atoms with van der Waals surface area (Å²) in [5.74, 6) is -0.317. The van der Waals surface area contributed by atoms with Crippen molar-refractivity contribution in [1.29, 1.82) is 0 Å². The number of fused-ring (bicyclic) bond motifs is 2. The molecule has 3 N–H and O–H groups in total. The Morgan fingerprint density at radius 1 is 0.892 bits per heavy atom. The summed E-state index contributed by atoms with van der Waals surface area (Å²) in [6.07, 6.45) is 8.42. The molecule has 1 aromatic carbocycles. The number of anilines is 1. The number of nitrogens with one attached hydrogen (secondary N) is 3. The Morgan fingerprint density at radius 2 is 1.73 bits per heavy atom. The summed E-state index contributed by atoms with van der Waals surface area (Å²) in [6.45, 7) is 1.55. The predicted octanol–water partition coefficient (Wildman–Crippen LogP) is 4.74. The molecule has 0 bridgehead atoms. The number of aromatic nitrogens is 7. The molecule has 0 fully saturated rings. The van der Waals surface area contributed by atoms with Crippen LogP contribution >= 0.6 is 0 Å². The third kappa shape index (κ3) is 4.50. The highest BCUT2D eigenvalue weighted by molar-refractivity contribution is 6.00. The first-order valence-corrected chi connectivity index (χ1v) is 11.8. The van der Waals surface area contributed by atoms with E-state index in [1.807, 2.05) is 38.4 Å². The summed E-state index contributed by atoms with van der Waals surface area (Å²) < 4.78 is 14.6. The van der Waals surface area contributed by atoms with Gasteiger partial charge in [0, 0.05) is 64.8 Å². The second-order valence-electron chi connectivity index (χ2n) is 9.08. The molecular weight excluding hydrogens is 469 g/mol. The average Bonchev–Trinajstić information content (AvgIpc) is 3.52. The molecular formula is C27H24FN9. The Balaban J connectivity index is 1.41. The van der Waals surface area contributed by atoms with Crippen LogP contribution < -0.4 is 5.32 Å². The van der Waals surface area contributed by atoms with Gasteiger partial charge in [-0.05, 0) is 50.5 Å². The minimum atomic E-state index is -0.317. The quantitative estimate of drug-likeness (QED) is 0.295. The fourth-order valence-corrected chi connectivity index (χ4v) is 4.37. The maximum atomic E-state index is 14.6. The van der Waals surface area contributed by atoms with E-state index in [4.69, 9.17) is 0 Å². The van der Waals surface area contributed by atoms with E-state index in [2.05, 4.69) is 45.3 Å². The smallest absolute Gasteiger partial charge is 0.125 e. The summed E-state index contributed by atoms with van der Waals surface area (Å²) in [5.41, 5.74) is 6.95. The lowest BCUT2D eigenvalue weighted by molar-refractivity contribution is 0.425. The first-order chi connectivity index (χ1) is 18.0. The van der Waals surface area contributed by atoms with E-state index < -0.39 is 0 Å². The monoisotopic (exact) mass is 493 g/mol. The number of H-pyrrole nitrogens is 2. The molecule has 0 atom stereocenters. The van der Waals surface area contributed by atoms with Crippen molar-refractivity contribution in [2.75, 3.05) is 32.5 Å². The number of pyridine rings is 2. The average molecular weight is 494 g/mol. The van der Waals surface area contributed by atoms with Gasteiger partial charge in [-0.2, -0.15) is 5.10 Å². The number of benzene rings is 1. The fraction of sp³-hybridized carbons (Fsp3) is 0.148. The second-order valence-corrected chi connectivity index (χ2v) is 9.08. The standard InChI is InChI=1S/C27H24FN9/c1-37(2)6-5-31-19-8-16(7-18(28)9-19)26-20-11-24(34-22(20)3-4-32-26)27-21-10-23(17-12-29-15-30-13-17)33-14-25(21)35-36-27/h3-4,7-15,31,34H,5-6H2,1-2H3,(H,35,36). The SMILES string of the molecule is CN(C)CCNc1cc(F)cc(-c2nccc3[nH]c(-c4n[nH]c5cnc(-c6cncnc6)cc45)cc23)c1. The van der Waals surface area contributed by atoms with E-state index in [1.54, 1.807) is 24.8 Å². The molecule has 0 aliphatic heterocycles. The van der Waals surface area contributed by atoms with Gasteiger partial charge < -0.3 is 15.2 Å². The number of likely N-dealkylation sites (N-methyl/N-ethyl adjacent to an activating group) is 1. The van der Waals surface area contributed by atoms with Crippen LogP contribution in [-0.4, -0.2) is 67.2 Å². The first kappa shape index (κ1) is 22.7. The van der Waals surface area contributed by atoms with Crippen molar-refractivity contribution < 1.29 is 4.39 Å². The maximum Gasteiger partial charge on any atom is 0.125 e. The van der Waals surface area contributed by atoms with E-state index in [-0.39, 0.29) is 5.82 Å². The van der Waals surface area contributed by atoms with Crippen LogP contribution in [0.5, 0.6) is 0 Å². The van der Waals surface area contributed by atoms with E-state index in [0.717, 1.165) is 56.7 Å². The van der Waals surface area contributed by atoms with Gasteiger partial charge in [-0.25, -0.2) is 14.4 Å². The van der Waals surface area contributed by atoms with Crippen LogP contribution in [0.2, 0.25) is 0 Å². The van der Waals surface area contributed by atoms with Crippen LogP contribution in [-0.2, 0) is 0 Å². The molecule has 0 spiro atoms. The van der Waals surface area contributed by atoms with E-state index in [0.29, 0.717) is 17.8 Å². The van der Waals surface area contributed by atoms with Gasteiger partial charge in [0.05, 0.1) is 28.8 Å². The van der Waals surface area contributed by atoms with Crippen LogP contribution in [0.25, 0.3) is 55.7 Å². The highest BCUT2D eigenvalue weighted by atomic mass is 19.1. The maximum absolute atomic E-state index is 14.6. The molecule has 0 aliphatic rings. The van der Waals surface area contributed by atoms with Crippen molar-refractivity contribution in [3.63, 3.8) is 0 Å². The Morgan fingerprint density at radius 3 is 2.57 bits per heavy atom. The Labute approximate surface area is 211 Å². The number of aromatic amines is 2. The lowest BCUT2D eigenvalue weighted by Gasteiger charge is -2.12. The van der Waals surface area contributed by atoms with E-state index in [9.17, 15) is 4.39 Å². The van der Waals surface area contributed by atoms with Crippen LogP contribution in [0.3, 0.4) is 0 Å². The minimum absolute atomic E-state index is 0.317. The summed E-state index contributed by atoms with van der Waals surface area (Å²) in [6, 6.07) is 10.8.